The summed E-state index contributed by atoms with van der Waals surface area (Å²) in [6, 6.07) is 14.9. The van der Waals surface area contributed by atoms with Crippen LogP contribution in [0.1, 0.15) is 19.8 Å². The van der Waals surface area contributed by atoms with Gasteiger partial charge in [0.1, 0.15) is 0 Å². The third kappa shape index (κ3) is 9.06. The number of halogens is 2. The molecular formula is C20H24Cl2N4S2. The minimum Gasteiger partial charge on any atom is -0.362 e. The summed E-state index contributed by atoms with van der Waals surface area (Å²) >= 11 is 22.4. The average Bonchev–Trinajstić information content (AvgIpc) is 2.67. The van der Waals surface area contributed by atoms with Crippen LogP contribution in [0.4, 0.5) is 11.4 Å². The lowest BCUT2D eigenvalue weighted by atomic mass is 10.1. The molecule has 1 atom stereocenters. The number of nitrogens with one attached hydrogen (secondary N) is 4. The SMILES string of the molecule is C[C@H](CCCNC(=S)Nc1ccc(Cl)cc1)CNC(=S)Nc1ccc(Cl)cc1. The summed E-state index contributed by atoms with van der Waals surface area (Å²) in [5.41, 5.74) is 1.83. The van der Waals surface area contributed by atoms with Gasteiger partial charge in [-0.05, 0) is 91.7 Å². The van der Waals surface area contributed by atoms with E-state index < -0.39 is 0 Å². The fourth-order valence-electron chi connectivity index (χ4n) is 2.44. The van der Waals surface area contributed by atoms with Gasteiger partial charge in [-0.3, -0.25) is 0 Å². The van der Waals surface area contributed by atoms with Crippen LogP contribution < -0.4 is 21.3 Å². The zero-order valence-corrected chi connectivity index (χ0v) is 18.7. The number of hydrogen-bond acceptors (Lipinski definition) is 2. The number of rotatable bonds is 8. The van der Waals surface area contributed by atoms with Gasteiger partial charge in [0, 0.05) is 34.5 Å². The molecule has 0 saturated carbocycles. The summed E-state index contributed by atoms with van der Waals surface area (Å²) in [5, 5.41) is 15.4. The Morgan fingerprint density at radius 2 is 1.29 bits per heavy atom. The third-order valence-electron chi connectivity index (χ3n) is 3.97. The van der Waals surface area contributed by atoms with E-state index in [1.165, 1.54) is 0 Å². The van der Waals surface area contributed by atoms with Crippen LogP contribution in [0.25, 0.3) is 0 Å². The van der Waals surface area contributed by atoms with E-state index in [2.05, 4.69) is 28.2 Å². The molecule has 4 nitrogen and oxygen atoms in total. The van der Waals surface area contributed by atoms with Gasteiger partial charge in [-0.15, -0.1) is 0 Å². The highest BCUT2D eigenvalue weighted by molar-refractivity contribution is 7.80. The van der Waals surface area contributed by atoms with Crippen LogP contribution in [0.15, 0.2) is 48.5 Å². The van der Waals surface area contributed by atoms with Crippen molar-refractivity contribution in [1.29, 1.82) is 0 Å². The highest BCUT2D eigenvalue weighted by Gasteiger charge is 2.04. The lowest BCUT2D eigenvalue weighted by Gasteiger charge is -2.16. The quantitative estimate of drug-likeness (QED) is 0.303. The Bertz CT molecular complexity index is 767. The molecule has 2 rings (SSSR count). The van der Waals surface area contributed by atoms with Crippen LogP contribution in [0, 0.1) is 5.92 Å². The van der Waals surface area contributed by atoms with E-state index in [0.717, 1.165) is 37.3 Å². The van der Waals surface area contributed by atoms with Gasteiger partial charge in [-0.25, -0.2) is 0 Å². The molecule has 4 N–H and O–H groups in total. The van der Waals surface area contributed by atoms with Crippen LogP contribution >= 0.6 is 47.6 Å². The molecule has 0 aliphatic heterocycles. The molecule has 2 aromatic carbocycles. The van der Waals surface area contributed by atoms with Gasteiger partial charge in [0.25, 0.3) is 0 Å². The Kier molecular flexibility index (Phi) is 9.78. The molecular weight excluding hydrogens is 431 g/mol. The van der Waals surface area contributed by atoms with E-state index in [0.29, 0.717) is 26.2 Å². The second kappa shape index (κ2) is 12.1. The molecule has 0 saturated heterocycles. The molecule has 0 aromatic heterocycles. The van der Waals surface area contributed by atoms with Gasteiger partial charge in [0.2, 0.25) is 0 Å². The highest BCUT2D eigenvalue weighted by atomic mass is 35.5. The summed E-state index contributed by atoms with van der Waals surface area (Å²) < 4.78 is 0. The molecule has 0 heterocycles. The Balaban J connectivity index is 1.56. The predicted molar refractivity (Wildman–Crippen MR) is 130 cm³/mol. The van der Waals surface area contributed by atoms with Gasteiger partial charge in [0.05, 0.1) is 0 Å². The molecule has 0 aliphatic rings. The van der Waals surface area contributed by atoms with Crippen molar-refractivity contribution in [3.8, 4) is 0 Å². The van der Waals surface area contributed by atoms with Crippen molar-refractivity contribution in [2.75, 3.05) is 23.7 Å². The van der Waals surface area contributed by atoms with Gasteiger partial charge >= 0.3 is 0 Å². The first-order valence-corrected chi connectivity index (χ1v) is 10.6. The van der Waals surface area contributed by atoms with E-state index in [1.54, 1.807) is 0 Å². The van der Waals surface area contributed by atoms with E-state index >= 15 is 0 Å². The van der Waals surface area contributed by atoms with Crippen molar-refractivity contribution in [1.82, 2.24) is 10.6 Å². The molecule has 8 heteroatoms. The largest absolute Gasteiger partial charge is 0.362 e. The summed E-state index contributed by atoms with van der Waals surface area (Å²) in [6.45, 7) is 3.83. The molecule has 0 amide bonds. The van der Waals surface area contributed by atoms with Crippen LogP contribution in [0.5, 0.6) is 0 Å². The van der Waals surface area contributed by atoms with Crippen LogP contribution in [-0.4, -0.2) is 23.3 Å². The zero-order chi connectivity index (χ0) is 20.4. The molecule has 0 radical (unpaired) electrons. The fourth-order valence-corrected chi connectivity index (χ4v) is 3.11. The monoisotopic (exact) mass is 454 g/mol. The van der Waals surface area contributed by atoms with Crippen molar-refractivity contribution in [2.45, 2.75) is 19.8 Å². The minimum absolute atomic E-state index is 0.490. The van der Waals surface area contributed by atoms with Crippen LogP contribution in [-0.2, 0) is 0 Å². The number of hydrogen-bond donors (Lipinski definition) is 4. The predicted octanol–water partition coefficient (Wildman–Crippen LogP) is 5.68. The molecule has 0 spiro atoms. The molecule has 0 bridgehead atoms. The van der Waals surface area contributed by atoms with Crippen molar-refractivity contribution in [3.63, 3.8) is 0 Å². The zero-order valence-electron chi connectivity index (χ0n) is 15.6. The summed E-state index contributed by atoms with van der Waals surface area (Å²) in [5.74, 6) is 0.490. The fraction of sp³-hybridized carbons (Fsp3) is 0.300. The van der Waals surface area contributed by atoms with Gasteiger partial charge < -0.3 is 21.3 Å². The maximum absolute atomic E-state index is 5.88. The summed E-state index contributed by atoms with van der Waals surface area (Å²) in [6.07, 6.45) is 2.08. The maximum Gasteiger partial charge on any atom is 0.170 e. The third-order valence-corrected chi connectivity index (χ3v) is 4.97. The molecule has 150 valence electrons. The lowest BCUT2D eigenvalue weighted by Crippen LogP contribution is -2.33. The molecule has 0 fully saturated rings. The maximum atomic E-state index is 5.88. The first kappa shape index (κ1) is 22.7. The molecule has 0 aliphatic carbocycles. The standard InChI is InChI=1S/C20H24Cl2N4S2/c1-14(13-24-20(28)26-18-10-6-16(22)7-11-18)3-2-12-23-19(27)25-17-8-4-15(21)5-9-17/h4-11,14H,2-3,12-13H2,1H3,(H2,23,25,27)(H2,24,26,28)/t14-/m1/s1. The molecule has 0 unspecified atom stereocenters. The topological polar surface area (TPSA) is 48.1 Å². The number of benzene rings is 2. The average molecular weight is 455 g/mol. The summed E-state index contributed by atoms with van der Waals surface area (Å²) in [4.78, 5) is 0. The van der Waals surface area contributed by atoms with Crippen molar-refractivity contribution < 1.29 is 0 Å². The van der Waals surface area contributed by atoms with E-state index in [1.807, 2.05) is 48.5 Å². The Hall–Kier alpha value is -1.60. The van der Waals surface area contributed by atoms with Gasteiger partial charge in [-0.1, -0.05) is 30.1 Å². The lowest BCUT2D eigenvalue weighted by molar-refractivity contribution is 0.501. The second-order valence-corrected chi connectivity index (χ2v) is 8.17. The van der Waals surface area contributed by atoms with Gasteiger partial charge in [0.15, 0.2) is 10.2 Å². The van der Waals surface area contributed by atoms with Crippen LogP contribution in [0.2, 0.25) is 10.0 Å². The molecule has 2 aromatic rings. The minimum atomic E-state index is 0.490. The van der Waals surface area contributed by atoms with Gasteiger partial charge in [-0.2, -0.15) is 0 Å². The number of anilines is 2. The van der Waals surface area contributed by atoms with Crippen molar-refractivity contribution in [2.24, 2.45) is 5.92 Å². The van der Waals surface area contributed by atoms with E-state index in [9.17, 15) is 0 Å². The molecule has 28 heavy (non-hydrogen) atoms. The van der Waals surface area contributed by atoms with E-state index in [-0.39, 0.29) is 0 Å². The second-order valence-electron chi connectivity index (χ2n) is 6.48. The Morgan fingerprint density at radius 1 is 0.821 bits per heavy atom. The first-order chi connectivity index (χ1) is 13.4. The Morgan fingerprint density at radius 3 is 1.79 bits per heavy atom. The van der Waals surface area contributed by atoms with E-state index in [4.69, 9.17) is 47.6 Å². The normalized spacial score (nSPS) is 11.4. The highest BCUT2D eigenvalue weighted by Crippen LogP contribution is 2.14. The van der Waals surface area contributed by atoms with Crippen molar-refractivity contribution >= 4 is 69.2 Å². The summed E-state index contributed by atoms with van der Waals surface area (Å²) in [7, 11) is 0. The number of thiocarbonyl (C=S) groups is 2. The van der Waals surface area contributed by atoms with Crippen molar-refractivity contribution in [3.05, 3.63) is 58.6 Å². The first-order valence-electron chi connectivity index (χ1n) is 9.03. The Labute approximate surface area is 187 Å². The van der Waals surface area contributed by atoms with Crippen LogP contribution in [0.3, 0.4) is 0 Å². The smallest absolute Gasteiger partial charge is 0.170 e.